The van der Waals surface area contributed by atoms with Crippen molar-refractivity contribution in [3.63, 3.8) is 0 Å². The van der Waals surface area contributed by atoms with E-state index in [1.807, 2.05) is 0 Å². The molecule has 0 aliphatic heterocycles. The zero-order valence-electron chi connectivity index (χ0n) is 7.99. The molecule has 6 heteroatoms. The maximum atomic E-state index is 12.9. The summed E-state index contributed by atoms with van der Waals surface area (Å²) in [6, 6.07) is 5.30. The standard InChI is InChI=1S/C9H9FN2O2S/c1-12-15(13,14)6-7-2-3-9(10)8(4-7)5-11/h2-4,12H,6H2,1H3. The fourth-order valence-electron chi connectivity index (χ4n) is 1.04. The zero-order chi connectivity index (χ0) is 11.5. The van der Waals surface area contributed by atoms with Crippen LogP contribution in [0.2, 0.25) is 0 Å². The van der Waals surface area contributed by atoms with Crippen LogP contribution in [0.5, 0.6) is 0 Å². The van der Waals surface area contributed by atoms with Gasteiger partial charge in [0.2, 0.25) is 10.0 Å². The molecule has 0 amide bonds. The molecule has 0 aliphatic rings. The Bertz CT molecular complexity index is 505. The summed E-state index contributed by atoms with van der Waals surface area (Å²) in [5, 5.41) is 8.54. The summed E-state index contributed by atoms with van der Waals surface area (Å²) in [6.07, 6.45) is 0. The fourth-order valence-corrected chi connectivity index (χ4v) is 1.80. The topological polar surface area (TPSA) is 70.0 Å². The van der Waals surface area contributed by atoms with Crippen molar-refractivity contribution in [3.8, 4) is 6.07 Å². The number of hydrogen-bond acceptors (Lipinski definition) is 3. The van der Waals surface area contributed by atoms with Crippen LogP contribution < -0.4 is 4.72 Å². The summed E-state index contributed by atoms with van der Waals surface area (Å²) in [5.41, 5.74) is 0.223. The molecule has 0 radical (unpaired) electrons. The highest BCUT2D eigenvalue weighted by atomic mass is 32.2. The number of hydrogen-bond donors (Lipinski definition) is 1. The molecule has 0 spiro atoms. The summed E-state index contributed by atoms with van der Waals surface area (Å²) in [6.45, 7) is 0. The van der Waals surface area contributed by atoms with Gasteiger partial charge in [0.05, 0.1) is 11.3 Å². The Morgan fingerprint density at radius 1 is 1.53 bits per heavy atom. The first-order valence-corrected chi connectivity index (χ1v) is 5.73. The van der Waals surface area contributed by atoms with Crippen LogP contribution in [0.4, 0.5) is 4.39 Å². The smallest absolute Gasteiger partial charge is 0.215 e. The van der Waals surface area contributed by atoms with Gasteiger partial charge in [0.1, 0.15) is 11.9 Å². The van der Waals surface area contributed by atoms with Gasteiger partial charge < -0.3 is 0 Å². The molecule has 0 fully saturated rings. The normalized spacial score (nSPS) is 11.0. The van der Waals surface area contributed by atoms with Crippen molar-refractivity contribution in [2.75, 3.05) is 7.05 Å². The van der Waals surface area contributed by atoms with Gasteiger partial charge in [-0.15, -0.1) is 0 Å². The second kappa shape index (κ2) is 4.38. The summed E-state index contributed by atoms with van der Waals surface area (Å²) in [7, 11) is -2.10. The Balaban J connectivity index is 3.04. The molecule has 0 heterocycles. The lowest BCUT2D eigenvalue weighted by Gasteiger charge is -2.03. The lowest BCUT2D eigenvalue weighted by molar-refractivity contribution is 0.587. The molecule has 1 aromatic carbocycles. The van der Waals surface area contributed by atoms with E-state index >= 15 is 0 Å². The number of nitriles is 1. The minimum absolute atomic E-state index is 0.154. The minimum Gasteiger partial charge on any atom is -0.218 e. The molecule has 0 bridgehead atoms. The van der Waals surface area contributed by atoms with Crippen molar-refractivity contribution < 1.29 is 12.8 Å². The average Bonchev–Trinajstić information content (AvgIpc) is 2.20. The molecule has 1 rings (SSSR count). The van der Waals surface area contributed by atoms with E-state index < -0.39 is 15.8 Å². The summed E-state index contributed by atoms with van der Waals surface area (Å²) < 4.78 is 37.4. The van der Waals surface area contributed by atoms with Crippen molar-refractivity contribution in [2.24, 2.45) is 0 Å². The van der Waals surface area contributed by atoms with E-state index in [0.717, 1.165) is 6.07 Å². The summed E-state index contributed by atoms with van der Waals surface area (Å²) >= 11 is 0. The predicted molar refractivity (Wildman–Crippen MR) is 52.8 cm³/mol. The van der Waals surface area contributed by atoms with Gasteiger partial charge in [-0.1, -0.05) is 6.07 Å². The zero-order valence-corrected chi connectivity index (χ0v) is 8.81. The number of halogens is 1. The monoisotopic (exact) mass is 228 g/mol. The van der Waals surface area contributed by atoms with Crippen molar-refractivity contribution in [2.45, 2.75) is 5.75 Å². The Kier molecular flexibility index (Phi) is 3.39. The minimum atomic E-state index is -3.39. The lowest BCUT2D eigenvalue weighted by Crippen LogP contribution is -2.20. The van der Waals surface area contributed by atoms with Gasteiger partial charge in [-0.05, 0) is 24.7 Å². The van der Waals surface area contributed by atoms with Crippen LogP contribution in [-0.4, -0.2) is 15.5 Å². The van der Waals surface area contributed by atoms with E-state index in [0.29, 0.717) is 5.56 Å². The highest BCUT2D eigenvalue weighted by Gasteiger charge is 2.10. The fraction of sp³-hybridized carbons (Fsp3) is 0.222. The number of sulfonamides is 1. The van der Waals surface area contributed by atoms with Crippen LogP contribution >= 0.6 is 0 Å². The maximum absolute atomic E-state index is 12.9. The van der Waals surface area contributed by atoms with Crippen LogP contribution in [0.25, 0.3) is 0 Å². The maximum Gasteiger partial charge on any atom is 0.215 e. The summed E-state index contributed by atoms with van der Waals surface area (Å²) in [4.78, 5) is 0. The molecule has 1 aromatic rings. The number of nitrogens with one attached hydrogen (secondary N) is 1. The van der Waals surface area contributed by atoms with E-state index in [9.17, 15) is 12.8 Å². The molecular formula is C9H9FN2O2S. The van der Waals surface area contributed by atoms with Crippen molar-refractivity contribution in [1.82, 2.24) is 4.72 Å². The van der Waals surface area contributed by atoms with Gasteiger partial charge in [-0.3, -0.25) is 0 Å². The third-order valence-corrected chi connectivity index (χ3v) is 3.15. The number of nitrogens with zero attached hydrogens (tertiary/aromatic N) is 1. The van der Waals surface area contributed by atoms with Gasteiger partial charge >= 0.3 is 0 Å². The highest BCUT2D eigenvalue weighted by Crippen LogP contribution is 2.11. The lowest BCUT2D eigenvalue weighted by atomic mass is 10.1. The largest absolute Gasteiger partial charge is 0.218 e. The van der Waals surface area contributed by atoms with Crippen molar-refractivity contribution in [1.29, 1.82) is 5.26 Å². The SMILES string of the molecule is CNS(=O)(=O)Cc1ccc(F)c(C#N)c1. The second-order valence-electron chi connectivity index (χ2n) is 2.89. The summed E-state index contributed by atoms with van der Waals surface area (Å²) in [5.74, 6) is -0.915. The number of benzene rings is 1. The average molecular weight is 228 g/mol. The first kappa shape index (κ1) is 11.6. The third-order valence-electron chi connectivity index (χ3n) is 1.82. The van der Waals surface area contributed by atoms with Crippen LogP contribution in [0, 0.1) is 17.1 Å². The Labute approximate surface area is 87.4 Å². The third kappa shape index (κ3) is 3.01. The highest BCUT2D eigenvalue weighted by molar-refractivity contribution is 7.88. The molecule has 1 N–H and O–H groups in total. The molecule has 0 aliphatic carbocycles. The van der Waals surface area contributed by atoms with Gasteiger partial charge in [-0.2, -0.15) is 5.26 Å². The van der Waals surface area contributed by atoms with Crippen LogP contribution in [0.1, 0.15) is 11.1 Å². The first-order valence-electron chi connectivity index (χ1n) is 4.08. The van der Waals surface area contributed by atoms with Crippen LogP contribution in [0.3, 0.4) is 0 Å². The van der Waals surface area contributed by atoms with E-state index in [2.05, 4.69) is 4.72 Å². The van der Waals surface area contributed by atoms with E-state index in [4.69, 9.17) is 5.26 Å². The number of rotatable bonds is 3. The van der Waals surface area contributed by atoms with Gasteiger partial charge in [0, 0.05) is 0 Å². The predicted octanol–water partition coefficient (Wildman–Crippen LogP) is 0.747. The Morgan fingerprint density at radius 2 is 2.20 bits per heavy atom. The van der Waals surface area contributed by atoms with Gasteiger partial charge in [-0.25, -0.2) is 17.5 Å². The van der Waals surface area contributed by atoms with E-state index in [1.54, 1.807) is 6.07 Å². The molecule has 0 saturated heterocycles. The van der Waals surface area contributed by atoms with Crippen LogP contribution in [-0.2, 0) is 15.8 Å². The van der Waals surface area contributed by atoms with Crippen molar-refractivity contribution in [3.05, 3.63) is 35.1 Å². The molecule has 80 valence electrons. The second-order valence-corrected chi connectivity index (χ2v) is 4.82. The van der Waals surface area contributed by atoms with Gasteiger partial charge in [0.15, 0.2) is 0 Å². The van der Waals surface area contributed by atoms with E-state index in [1.165, 1.54) is 19.2 Å². The Hall–Kier alpha value is -1.45. The quantitative estimate of drug-likeness (QED) is 0.829. The molecule has 0 unspecified atom stereocenters. The molecule has 0 atom stereocenters. The van der Waals surface area contributed by atoms with E-state index in [-0.39, 0.29) is 11.3 Å². The van der Waals surface area contributed by atoms with Crippen molar-refractivity contribution >= 4 is 10.0 Å². The van der Waals surface area contributed by atoms with Gasteiger partial charge in [0.25, 0.3) is 0 Å². The molecule has 0 saturated carbocycles. The molecular weight excluding hydrogens is 219 g/mol. The Morgan fingerprint density at radius 3 is 2.73 bits per heavy atom. The van der Waals surface area contributed by atoms with Crippen LogP contribution in [0.15, 0.2) is 18.2 Å². The molecule has 0 aromatic heterocycles. The molecule has 4 nitrogen and oxygen atoms in total. The molecule has 15 heavy (non-hydrogen) atoms. The first-order chi connectivity index (χ1) is 6.98.